The minimum atomic E-state index is 0.152. The van der Waals surface area contributed by atoms with E-state index in [-0.39, 0.29) is 6.04 Å². The van der Waals surface area contributed by atoms with Crippen molar-refractivity contribution >= 4 is 0 Å². The van der Waals surface area contributed by atoms with Crippen molar-refractivity contribution in [1.82, 2.24) is 10.2 Å². The monoisotopic (exact) mass is 298 g/mol. The van der Waals surface area contributed by atoms with E-state index in [1.807, 2.05) is 6.07 Å². The molecule has 1 saturated heterocycles. The molecule has 3 heteroatoms. The summed E-state index contributed by atoms with van der Waals surface area (Å²) in [5.74, 6) is 1.00. The third-order valence-corrected chi connectivity index (χ3v) is 4.49. The van der Waals surface area contributed by atoms with Crippen LogP contribution in [0.1, 0.15) is 43.6 Å². The first kappa shape index (κ1) is 15.3. The number of nitrogens with one attached hydrogen (secondary N) is 1. The molecule has 1 aliphatic rings. The highest BCUT2D eigenvalue weighted by Gasteiger charge is 2.24. The third kappa shape index (κ3) is 3.79. The predicted octanol–water partition coefficient (Wildman–Crippen LogP) is 3.83. The lowest BCUT2D eigenvalue weighted by molar-refractivity contribution is 0.191. The van der Waals surface area contributed by atoms with Gasteiger partial charge in [0, 0.05) is 6.04 Å². The number of furan rings is 1. The van der Waals surface area contributed by atoms with E-state index in [0.717, 1.165) is 5.76 Å². The molecule has 3 rings (SSSR count). The molecule has 1 atom stereocenters. The first-order valence-electron chi connectivity index (χ1n) is 8.43. The molecule has 0 spiro atoms. The van der Waals surface area contributed by atoms with Gasteiger partial charge in [0.25, 0.3) is 0 Å². The maximum atomic E-state index is 5.68. The number of benzene rings is 1. The predicted molar refractivity (Wildman–Crippen MR) is 89.9 cm³/mol. The summed E-state index contributed by atoms with van der Waals surface area (Å²) in [5, 5.41) is 3.82. The highest BCUT2D eigenvalue weighted by molar-refractivity contribution is 5.26. The number of hydrogen-bond donors (Lipinski definition) is 1. The summed E-state index contributed by atoms with van der Waals surface area (Å²) in [6.07, 6.45) is 5.43. The summed E-state index contributed by atoms with van der Waals surface area (Å²) in [7, 11) is 0. The topological polar surface area (TPSA) is 28.4 Å². The van der Waals surface area contributed by atoms with Crippen LogP contribution in [0.2, 0.25) is 0 Å². The van der Waals surface area contributed by atoms with Gasteiger partial charge in [0.15, 0.2) is 0 Å². The van der Waals surface area contributed by atoms with Gasteiger partial charge in [-0.3, -0.25) is 0 Å². The van der Waals surface area contributed by atoms with Crippen molar-refractivity contribution in [2.75, 3.05) is 19.6 Å². The Labute approximate surface area is 133 Å². The van der Waals surface area contributed by atoms with Gasteiger partial charge in [-0.25, -0.2) is 0 Å². The fourth-order valence-electron chi connectivity index (χ4n) is 3.32. The molecule has 0 radical (unpaired) electrons. The first-order valence-corrected chi connectivity index (χ1v) is 8.43. The summed E-state index contributed by atoms with van der Waals surface area (Å²) < 4.78 is 5.68. The molecule has 0 aliphatic carbocycles. The van der Waals surface area contributed by atoms with Crippen LogP contribution in [0.3, 0.4) is 0 Å². The van der Waals surface area contributed by atoms with E-state index in [2.05, 4.69) is 53.5 Å². The molecule has 2 heterocycles. The summed E-state index contributed by atoms with van der Waals surface area (Å²) in [4.78, 5) is 2.57. The normalized spacial score (nSPS) is 18.4. The third-order valence-electron chi connectivity index (χ3n) is 4.49. The average Bonchev–Trinajstić information content (AvgIpc) is 3.09. The fourth-order valence-corrected chi connectivity index (χ4v) is 3.32. The van der Waals surface area contributed by atoms with Gasteiger partial charge >= 0.3 is 0 Å². The van der Waals surface area contributed by atoms with Gasteiger partial charge in [-0.1, -0.05) is 37.3 Å². The summed E-state index contributed by atoms with van der Waals surface area (Å²) >= 11 is 0. The van der Waals surface area contributed by atoms with Gasteiger partial charge < -0.3 is 14.6 Å². The lowest BCUT2D eigenvalue weighted by Gasteiger charge is -2.34. The van der Waals surface area contributed by atoms with E-state index in [1.54, 1.807) is 6.26 Å². The number of likely N-dealkylation sites (tertiary alicyclic amines) is 1. The van der Waals surface area contributed by atoms with Gasteiger partial charge in [0.1, 0.15) is 5.76 Å². The quantitative estimate of drug-likeness (QED) is 0.878. The Kier molecular flexibility index (Phi) is 5.30. The Morgan fingerprint density at radius 1 is 1.14 bits per heavy atom. The molecule has 1 aliphatic heterocycles. The van der Waals surface area contributed by atoms with Crippen molar-refractivity contribution in [2.24, 2.45) is 0 Å². The van der Waals surface area contributed by atoms with E-state index in [4.69, 9.17) is 4.42 Å². The number of rotatable bonds is 6. The minimum absolute atomic E-state index is 0.152. The van der Waals surface area contributed by atoms with Crippen molar-refractivity contribution in [3.05, 3.63) is 60.1 Å². The Morgan fingerprint density at radius 3 is 2.55 bits per heavy atom. The highest BCUT2D eigenvalue weighted by atomic mass is 16.3. The van der Waals surface area contributed by atoms with E-state index < -0.39 is 0 Å². The molecule has 118 valence electrons. The highest BCUT2D eigenvalue weighted by Crippen LogP contribution is 2.25. The standard InChI is InChI=1S/C19H26N2O/c1-2-12-21-13-10-17(11-14-21)20-19(18-9-6-15-22-18)16-7-4-3-5-8-16/h3-9,15,17,19-20H,2,10-14H2,1H3. The zero-order valence-corrected chi connectivity index (χ0v) is 13.4. The van der Waals surface area contributed by atoms with Crippen LogP contribution in [-0.2, 0) is 0 Å². The lowest BCUT2D eigenvalue weighted by Crippen LogP contribution is -2.44. The molecule has 0 bridgehead atoms. The Balaban J connectivity index is 1.67. The van der Waals surface area contributed by atoms with Crippen LogP contribution in [0.25, 0.3) is 0 Å². The minimum Gasteiger partial charge on any atom is -0.467 e. The van der Waals surface area contributed by atoms with Crippen molar-refractivity contribution in [2.45, 2.75) is 38.3 Å². The van der Waals surface area contributed by atoms with Crippen LogP contribution in [0.15, 0.2) is 53.1 Å². The van der Waals surface area contributed by atoms with Crippen molar-refractivity contribution in [3.63, 3.8) is 0 Å². The molecule has 0 amide bonds. The largest absolute Gasteiger partial charge is 0.467 e. The van der Waals surface area contributed by atoms with Gasteiger partial charge in [0.2, 0.25) is 0 Å². The van der Waals surface area contributed by atoms with Crippen molar-refractivity contribution in [1.29, 1.82) is 0 Å². The van der Waals surface area contributed by atoms with E-state index >= 15 is 0 Å². The van der Waals surface area contributed by atoms with Gasteiger partial charge in [-0.15, -0.1) is 0 Å². The second kappa shape index (κ2) is 7.61. The number of nitrogens with zero attached hydrogens (tertiary/aromatic N) is 1. The first-order chi connectivity index (χ1) is 10.9. The smallest absolute Gasteiger partial charge is 0.125 e. The maximum absolute atomic E-state index is 5.68. The van der Waals surface area contributed by atoms with Gasteiger partial charge in [-0.05, 0) is 56.6 Å². The lowest BCUT2D eigenvalue weighted by atomic mass is 9.99. The average molecular weight is 298 g/mol. The van der Waals surface area contributed by atoms with Crippen LogP contribution < -0.4 is 5.32 Å². The van der Waals surface area contributed by atoms with Crippen LogP contribution in [0.5, 0.6) is 0 Å². The molecule has 1 aromatic heterocycles. The summed E-state index contributed by atoms with van der Waals surface area (Å²) in [5.41, 5.74) is 1.27. The Morgan fingerprint density at radius 2 is 1.91 bits per heavy atom. The zero-order valence-electron chi connectivity index (χ0n) is 13.4. The second-order valence-corrected chi connectivity index (χ2v) is 6.14. The van der Waals surface area contributed by atoms with Crippen LogP contribution >= 0.6 is 0 Å². The molecule has 3 nitrogen and oxygen atoms in total. The van der Waals surface area contributed by atoms with Crippen LogP contribution in [0.4, 0.5) is 0 Å². The van der Waals surface area contributed by atoms with E-state index in [1.165, 1.54) is 44.5 Å². The van der Waals surface area contributed by atoms with Gasteiger partial charge in [0.05, 0.1) is 12.3 Å². The fraction of sp³-hybridized carbons (Fsp3) is 0.474. The molecule has 1 aromatic carbocycles. The summed E-state index contributed by atoms with van der Waals surface area (Å²) in [6, 6.07) is 15.3. The van der Waals surface area contributed by atoms with Crippen LogP contribution in [0, 0.1) is 0 Å². The van der Waals surface area contributed by atoms with Crippen molar-refractivity contribution < 1.29 is 4.42 Å². The van der Waals surface area contributed by atoms with Crippen LogP contribution in [-0.4, -0.2) is 30.6 Å². The van der Waals surface area contributed by atoms with Crippen molar-refractivity contribution in [3.8, 4) is 0 Å². The summed E-state index contributed by atoms with van der Waals surface area (Å²) in [6.45, 7) is 5.88. The molecule has 0 saturated carbocycles. The Hall–Kier alpha value is -1.58. The molecule has 1 unspecified atom stereocenters. The molecule has 1 N–H and O–H groups in total. The molecular weight excluding hydrogens is 272 g/mol. The molecular formula is C19H26N2O. The van der Waals surface area contributed by atoms with E-state index in [0.29, 0.717) is 6.04 Å². The van der Waals surface area contributed by atoms with Gasteiger partial charge in [-0.2, -0.15) is 0 Å². The van der Waals surface area contributed by atoms with E-state index in [9.17, 15) is 0 Å². The molecule has 22 heavy (non-hydrogen) atoms. The zero-order chi connectivity index (χ0) is 15.2. The number of hydrogen-bond acceptors (Lipinski definition) is 3. The SMILES string of the molecule is CCCN1CCC(NC(c2ccccc2)c2ccco2)CC1. The number of piperidine rings is 1. The Bertz CT molecular complexity index is 530. The molecule has 2 aromatic rings. The second-order valence-electron chi connectivity index (χ2n) is 6.14. The maximum Gasteiger partial charge on any atom is 0.125 e. The molecule has 1 fully saturated rings.